The first-order chi connectivity index (χ1) is 9.22. The minimum atomic E-state index is -0.266. The molecule has 0 bridgehead atoms. The van der Waals surface area contributed by atoms with Crippen molar-refractivity contribution < 1.29 is 9.59 Å². The van der Waals surface area contributed by atoms with Crippen LogP contribution in [-0.4, -0.2) is 29.1 Å². The third-order valence-electron chi connectivity index (χ3n) is 2.56. The molecular weight excluding hydrogens is 260 g/mol. The van der Waals surface area contributed by atoms with E-state index in [4.69, 9.17) is 5.73 Å². The van der Waals surface area contributed by atoms with E-state index in [9.17, 15) is 9.59 Å². The number of rotatable bonds is 4. The summed E-state index contributed by atoms with van der Waals surface area (Å²) in [6.07, 6.45) is 5.32. The molecule has 0 unspecified atom stereocenters. The summed E-state index contributed by atoms with van der Waals surface area (Å²) >= 11 is 0.949. The molecular formula is C14H14N2O2S. The van der Waals surface area contributed by atoms with Crippen molar-refractivity contribution in [3.63, 3.8) is 0 Å². The molecule has 1 heterocycles. The van der Waals surface area contributed by atoms with Crippen LogP contribution >= 0.6 is 11.8 Å². The Morgan fingerprint density at radius 3 is 2.63 bits per heavy atom. The molecule has 1 aliphatic heterocycles. The summed E-state index contributed by atoms with van der Waals surface area (Å²) in [6.45, 7) is 0.551. The molecule has 1 fully saturated rings. The standard InChI is InChI=1S/C14H14N2O2S/c15-9-10-16-13(17)12(19-14(16)18)8-4-7-11-5-2-1-3-6-11/h1-8H,9-10,15H2. The zero-order valence-electron chi connectivity index (χ0n) is 10.3. The summed E-state index contributed by atoms with van der Waals surface area (Å²) in [7, 11) is 0. The number of nitrogens with zero attached hydrogens (tertiary/aromatic N) is 1. The molecule has 1 saturated heterocycles. The van der Waals surface area contributed by atoms with Gasteiger partial charge in [0.15, 0.2) is 0 Å². The van der Waals surface area contributed by atoms with Crippen molar-refractivity contribution in [3.05, 3.63) is 53.0 Å². The first-order valence-corrected chi connectivity index (χ1v) is 6.71. The molecule has 0 radical (unpaired) electrons. The van der Waals surface area contributed by atoms with Crippen molar-refractivity contribution in [2.75, 3.05) is 13.1 Å². The van der Waals surface area contributed by atoms with E-state index in [1.807, 2.05) is 36.4 Å². The minimum absolute atomic E-state index is 0.255. The second-order valence-electron chi connectivity index (χ2n) is 3.91. The van der Waals surface area contributed by atoms with Crippen LogP contribution in [0.25, 0.3) is 6.08 Å². The summed E-state index contributed by atoms with van der Waals surface area (Å²) in [4.78, 5) is 25.0. The Morgan fingerprint density at radius 1 is 1.21 bits per heavy atom. The minimum Gasteiger partial charge on any atom is -0.329 e. The summed E-state index contributed by atoms with van der Waals surface area (Å²) in [5, 5.41) is -0.255. The molecule has 2 amide bonds. The van der Waals surface area contributed by atoms with E-state index in [1.165, 1.54) is 4.90 Å². The van der Waals surface area contributed by atoms with E-state index in [2.05, 4.69) is 0 Å². The molecule has 98 valence electrons. The molecule has 4 nitrogen and oxygen atoms in total. The summed E-state index contributed by atoms with van der Waals surface area (Å²) in [5.41, 5.74) is 6.41. The maximum Gasteiger partial charge on any atom is 0.293 e. The number of benzene rings is 1. The number of nitrogens with two attached hydrogens (primary N) is 1. The Balaban J connectivity index is 2.07. The van der Waals surface area contributed by atoms with E-state index >= 15 is 0 Å². The third kappa shape index (κ3) is 3.33. The van der Waals surface area contributed by atoms with Gasteiger partial charge in [0.1, 0.15) is 0 Å². The number of imide groups is 1. The largest absolute Gasteiger partial charge is 0.329 e. The van der Waals surface area contributed by atoms with Crippen molar-refractivity contribution in [1.29, 1.82) is 0 Å². The highest BCUT2D eigenvalue weighted by Gasteiger charge is 2.33. The summed E-state index contributed by atoms with van der Waals surface area (Å²) in [5.74, 6) is -0.266. The monoisotopic (exact) mass is 274 g/mol. The van der Waals surface area contributed by atoms with Crippen LogP contribution in [0.2, 0.25) is 0 Å². The number of hydrogen-bond donors (Lipinski definition) is 1. The first kappa shape index (κ1) is 13.6. The van der Waals surface area contributed by atoms with E-state index in [-0.39, 0.29) is 24.2 Å². The zero-order chi connectivity index (χ0) is 13.7. The third-order valence-corrected chi connectivity index (χ3v) is 3.49. The Kier molecular flexibility index (Phi) is 4.54. The molecule has 2 N–H and O–H groups in total. The fraction of sp³-hybridized carbons (Fsp3) is 0.143. The van der Waals surface area contributed by atoms with Gasteiger partial charge >= 0.3 is 0 Å². The molecule has 5 heteroatoms. The lowest BCUT2D eigenvalue weighted by atomic mass is 10.2. The lowest BCUT2D eigenvalue weighted by Gasteiger charge is -2.09. The van der Waals surface area contributed by atoms with Crippen molar-refractivity contribution in [3.8, 4) is 0 Å². The van der Waals surface area contributed by atoms with E-state index in [0.717, 1.165) is 17.3 Å². The van der Waals surface area contributed by atoms with Crippen molar-refractivity contribution >= 4 is 29.0 Å². The van der Waals surface area contributed by atoms with Crippen molar-refractivity contribution in [1.82, 2.24) is 4.90 Å². The molecule has 0 spiro atoms. The molecule has 1 aliphatic rings. The average molecular weight is 274 g/mol. The van der Waals surface area contributed by atoms with Gasteiger partial charge in [-0.05, 0) is 23.4 Å². The molecule has 1 aromatic rings. The van der Waals surface area contributed by atoms with Gasteiger partial charge in [-0.3, -0.25) is 14.5 Å². The molecule has 2 rings (SSSR count). The van der Waals surface area contributed by atoms with Gasteiger partial charge in [-0.25, -0.2) is 0 Å². The molecule has 19 heavy (non-hydrogen) atoms. The molecule has 0 aliphatic carbocycles. The molecule has 1 aromatic carbocycles. The molecule has 0 saturated carbocycles. The maximum absolute atomic E-state index is 11.9. The number of amides is 2. The lowest BCUT2D eigenvalue weighted by Crippen LogP contribution is -2.33. The fourth-order valence-electron chi connectivity index (χ4n) is 1.65. The predicted molar refractivity (Wildman–Crippen MR) is 77.3 cm³/mol. The summed E-state index contributed by atoms with van der Waals surface area (Å²) < 4.78 is 0. The van der Waals surface area contributed by atoms with E-state index in [1.54, 1.807) is 12.2 Å². The van der Waals surface area contributed by atoms with Crippen LogP contribution in [-0.2, 0) is 4.79 Å². The molecule has 0 atom stereocenters. The zero-order valence-corrected chi connectivity index (χ0v) is 11.1. The van der Waals surface area contributed by atoms with Crippen molar-refractivity contribution in [2.24, 2.45) is 5.73 Å². The highest BCUT2D eigenvalue weighted by atomic mass is 32.2. The van der Waals surface area contributed by atoms with Crippen molar-refractivity contribution in [2.45, 2.75) is 0 Å². The quantitative estimate of drug-likeness (QED) is 0.855. The van der Waals surface area contributed by atoms with Crippen LogP contribution in [0.3, 0.4) is 0 Å². The smallest absolute Gasteiger partial charge is 0.293 e. The molecule has 0 aromatic heterocycles. The van der Waals surface area contributed by atoms with Gasteiger partial charge in [0.2, 0.25) is 0 Å². The second kappa shape index (κ2) is 6.36. The van der Waals surface area contributed by atoms with Crippen LogP contribution < -0.4 is 5.73 Å². The van der Waals surface area contributed by atoms with Gasteiger partial charge in [-0.15, -0.1) is 0 Å². The number of carbonyl (C=O) groups excluding carboxylic acids is 2. The normalized spacial score (nSPS) is 17.9. The lowest BCUT2D eigenvalue weighted by molar-refractivity contribution is -0.122. The first-order valence-electron chi connectivity index (χ1n) is 5.89. The van der Waals surface area contributed by atoms with Crippen LogP contribution in [0.4, 0.5) is 4.79 Å². The van der Waals surface area contributed by atoms with Gasteiger partial charge in [0, 0.05) is 13.1 Å². The van der Waals surface area contributed by atoms with Crippen LogP contribution in [0.15, 0.2) is 47.4 Å². The Morgan fingerprint density at radius 2 is 1.95 bits per heavy atom. The van der Waals surface area contributed by atoms with Crippen LogP contribution in [0.5, 0.6) is 0 Å². The Labute approximate surface area is 116 Å². The van der Waals surface area contributed by atoms with Crippen LogP contribution in [0, 0.1) is 0 Å². The van der Waals surface area contributed by atoms with Gasteiger partial charge in [0.05, 0.1) is 4.91 Å². The average Bonchev–Trinajstić information content (AvgIpc) is 2.68. The highest BCUT2D eigenvalue weighted by molar-refractivity contribution is 8.18. The van der Waals surface area contributed by atoms with Gasteiger partial charge in [-0.1, -0.05) is 42.5 Å². The SMILES string of the molecule is NCCN1C(=O)SC(=CC=Cc2ccccc2)C1=O. The number of carbonyl (C=O) groups is 2. The van der Waals surface area contributed by atoms with Gasteiger partial charge in [-0.2, -0.15) is 0 Å². The fourth-order valence-corrected chi connectivity index (χ4v) is 2.46. The van der Waals surface area contributed by atoms with E-state index in [0.29, 0.717) is 4.91 Å². The van der Waals surface area contributed by atoms with E-state index < -0.39 is 0 Å². The number of hydrogen-bond acceptors (Lipinski definition) is 4. The topological polar surface area (TPSA) is 63.4 Å². The van der Waals surface area contributed by atoms with Crippen LogP contribution in [0.1, 0.15) is 5.56 Å². The Hall–Kier alpha value is -1.85. The van der Waals surface area contributed by atoms with Gasteiger partial charge < -0.3 is 5.73 Å². The maximum atomic E-state index is 11.9. The van der Waals surface area contributed by atoms with Gasteiger partial charge in [0.25, 0.3) is 11.1 Å². The number of allylic oxidation sites excluding steroid dienone is 2. The second-order valence-corrected chi connectivity index (χ2v) is 4.91. The predicted octanol–water partition coefficient (Wildman–Crippen LogP) is 2.24. The summed E-state index contributed by atoms with van der Waals surface area (Å²) in [6, 6.07) is 9.74. The Bertz CT molecular complexity index is 538. The highest BCUT2D eigenvalue weighted by Crippen LogP contribution is 2.30. The number of thioether (sulfide) groups is 1.